The van der Waals surface area contributed by atoms with Crippen molar-refractivity contribution in [2.24, 2.45) is 4.99 Å². The molecule has 130 valence electrons. The van der Waals surface area contributed by atoms with Crippen molar-refractivity contribution in [1.29, 1.82) is 0 Å². The zero-order valence-electron chi connectivity index (χ0n) is 14.5. The molecule has 0 amide bonds. The van der Waals surface area contributed by atoms with Crippen molar-refractivity contribution in [3.63, 3.8) is 0 Å². The summed E-state index contributed by atoms with van der Waals surface area (Å²) in [5.74, 6) is 0.342. The minimum absolute atomic E-state index is 0.260. The van der Waals surface area contributed by atoms with Crippen LogP contribution in [0.1, 0.15) is 22.6 Å². The van der Waals surface area contributed by atoms with Gasteiger partial charge in [-0.15, -0.1) is 0 Å². The van der Waals surface area contributed by atoms with Gasteiger partial charge in [0, 0.05) is 6.21 Å². The van der Waals surface area contributed by atoms with Crippen LogP contribution in [0, 0.1) is 11.8 Å². The maximum atomic E-state index is 11.7. The normalized spacial score (nSPS) is 11.3. The van der Waals surface area contributed by atoms with E-state index in [1.54, 1.807) is 13.0 Å². The molecule has 0 bridgehead atoms. The lowest BCUT2D eigenvalue weighted by Crippen LogP contribution is -1.99. The van der Waals surface area contributed by atoms with Crippen molar-refractivity contribution in [2.75, 3.05) is 7.11 Å². The van der Waals surface area contributed by atoms with Gasteiger partial charge in [-0.25, -0.2) is 4.84 Å². The molecule has 3 aromatic rings. The number of para-hydroxylation sites is 1. The van der Waals surface area contributed by atoms with Gasteiger partial charge in [0.15, 0.2) is 12.8 Å². The minimum Gasteiger partial charge on any atom is -0.349 e. The second-order valence-electron chi connectivity index (χ2n) is 5.51. The van der Waals surface area contributed by atoms with Crippen LogP contribution in [0.4, 0.5) is 11.4 Å². The van der Waals surface area contributed by atoms with E-state index in [0.29, 0.717) is 16.4 Å². The Morgan fingerprint density at radius 1 is 1.04 bits per heavy atom. The van der Waals surface area contributed by atoms with Crippen molar-refractivity contribution in [2.45, 2.75) is 6.92 Å². The third-order valence-electron chi connectivity index (χ3n) is 3.69. The fourth-order valence-electron chi connectivity index (χ4n) is 2.33. The van der Waals surface area contributed by atoms with Gasteiger partial charge >= 0.3 is 5.69 Å². The molecule has 0 saturated carbocycles. The van der Waals surface area contributed by atoms with Gasteiger partial charge in [-0.2, -0.15) is 0 Å². The van der Waals surface area contributed by atoms with Crippen molar-refractivity contribution < 1.29 is 14.3 Å². The lowest BCUT2D eigenvalue weighted by atomic mass is 10.1. The van der Waals surface area contributed by atoms with Crippen LogP contribution in [0.25, 0.3) is 12.2 Å². The first-order valence-corrected chi connectivity index (χ1v) is 8.02. The number of hydrogen-bond donors (Lipinski definition) is 0. The Morgan fingerprint density at radius 3 is 2.42 bits per heavy atom. The molecular formula is C20H18N3O3+. The summed E-state index contributed by atoms with van der Waals surface area (Å²) in [4.78, 5) is 21.2. The lowest BCUT2D eigenvalue weighted by molar-refractivity contribution is -0.737. The number of hydrogen-bond acceptors (Lipinski definition) is 5. The SMILES string of the molecule is CO[N+](=O)c1c(C)noc1/C=C/c1ccc(C=Nc2ccccc2)cc1. The van der Waals surface area contributed by atoms with Crippen molar-refractivity contribution in [3.8, 4) is 0 Å². The molecule has 0 atom stereocenters. The molecule has 0 N–H and O–H groups in total. The van der Waals surface area contributed by atoms with E-state index >= 15 is 0 Å². The Morgan fingerprint density at radius 2 is 1.73 bits per heavy atom. The summed E-state index contributed by atoms with van der Waals surface area (Å²) in [5.41, 5.74) is 3.58. The lowest BCUT2D eigenvalue weighted by Gasteiger charge is -1.96. The average Bonchev–Trinajstić information content (AvgIpc) is 3.06. The summed E-state index contributed by atoms with van der Waals surface area (Å²) in [6.45, 7) is 1.68. The second kappa shape index (κ2) is 8.02. The fraction of sp³-hybridized carbons (Fsp3) is 0.100. The Bertz CT molecular complexity index is 942. The maximum Gasteiger partial charge on any atom is 0.385 e. The Kier molecular flexibility index (Phi) is 5.34. The average molecular weight is 348 g/mol. The number of aliphatic imine (C=N–C) groups is 1. The van der Waals surface area contributed by atoms with Gasteiger partial charge < -0.3 is 4.52 Å². The highest BCUT2D eigenvalue weighted by atomic mass is 16.8. The predicted octanol–water partition coefficient (Wildman–Crippen LogP) is 4.88. The van der Waals surface area contributed by atoms with E-state index in [2.05, 4.69) is 15.0 Å². The highest BCUT2D eigenvalue weighted by Gasteiger charge is 2.28. The smallest absolute Gasteiger partial charge is 0.349 e. The Hall–Kier alpha value is -3.54. The largest absolute Gasteiger partial charge is 0.385 e. The van der Waals surface area contributed by atoms with E-state index in [9.17, 15) is 4.91 Å². The van der Waals surface area contributed by atoms with Gasteiger partial charge in [-0.05, 0) is 36.3 Å². The number of aromatic nitrogens is 1. The van der Waals surface area contributed by atoms with Crippen LogP contribution in [0.2, 0.25) is 0 Å². The highest BCUT2D eigenvalue weighted by molar-refractivity contribution is 5.82. The minimum atomic E-state index is 0.260. The zero-order valence-corrected chi connectivity index (χ0v) is 14.5. The zero-order chi connectivity index (χ0) is 18.4. The molecule has 26 heavy (non-hydrogen) atoms. The summed E-state index contributed by atoms with van der Waals surface area (Å²) >= 11 is 0. The molecule has 0 radical (unpaired) electrons. The Labute approximate surface area is 151 Å². The molecule has 1 aromatic heterocycles. The monoisotopic (exact) mass is 348 g/mol. The summed E-state index contributed by atoms with van der Waals surface area (Å²) in [6, 6.07) is 17.6. The van der Waals surface area contributed by atoms with Crippen LogP contribution in [0.5, 0.6) is 0 Å². The van der Waals surface area contributed by atoms with E-state index in [0.717, 1.165) is 16.8 Å². The van der Waals surface area contributed by atoms with Gasteiger partial charge in [0.25, 0.3) is 4.92 Å². The maximum absolute atomic E-state index is 11.7. The van der Waals surface area contributed by atoms with E-state index in [1.807, 2.05) is 66.9 Å². The van der Waals surface area contributed by atoms with Gasteiger partial charge in [0.2, 0.25) is 5.76 Å². The molecule has 0 spiro atoms. The van der Waals surface area contributed by atoms with Crippen molar-refractivity contribution >= 4 is 29.7 Å². The van der Waals surface area contributed by atoms with E-state index < -0.39 is 0 Å². The molecule has 6 nitrogen and oxygen atoms in total. The van der Waals surface area contributed by atoms with Gasteiger partial charge in [-0.3, -0.25) is 4.99 Å². The van der Waals surface area contributed by atoms with Crippen LogP contribution < -0.4 is 0 Å². The molecule has 2 aromatic carbocycles. The van der Waals surface area contributed by atoms with Crippen LogP contribution in [0.3, 0.4) is 0 Å². The molecule has 3 rings (SSSR count). The summed E-state index contributed by atoms with van der Waals surface area (Å²) in [5, 5.41) is 3.80. The molecule has 0 unspecified atom stereocenters. The number of rotatable bonds is 6. The van der Waals surface area contributed by atoms with Gasteiger partial charge in [0.1, 0.15) is 0 Å². The summed E-state index contributed by atoms with van der Waals surface area (Å²) in [7, 11) is 1.29. The quantitative estimate of drug-likeness (QED) is 0.470. The third-order valence-corrected chi connectivity index (χ3v) is 3.69. The van der Waals surface area contributed by atoms with E-state index in [-0.39, 0.29) is 5.69 Å². The number of aryl methyl sites for hydroxylation is 1. The Balaban J connectivity index is 1.73. The van der Waals surface area contributed by atoms with E-state index in [1.165, 1.54) is 7.11 Å². The molecule has 0 fully saturated rings. The molecule has 1 heterocycles. The van der Waals surface area contributed by atoms with Crippen LogP contribution in [-0.4, -0.2) is 23.4 Å². The van der Waals surface area contributed by atoms with Crippen LogP contribution in [0.15, 0.2) is 64.1 Å². The first kappa shape index (κ1) is 17.3. The van der Waals surface area contributed by atoms with Crippen LogP contribution in [-0.2, 0) is 4.84 Å². The summed E-state index contributed by atoms with van der Waals surface area (Å²) < 4.78 is 5.17. The topological polar surface area (TPSA) is 67.7 Å². The molecule has 0 saturated heterocycles. The standard InChI is InChI=1S/C20H18N3O3/c1-15-20(23(24)25-2)19(26-22-15)13-12-16-8-10-17(11-9-16)14-21-18-6-4-3-5-7-18/h3-14H,1-2H3/q+1/b13-12+,21-14?. The first-order chi connectivity index (χ1) is 12.7. The molecule has 6 heteroatoms. The highest BCUT2D eigenvalue weighted by Crippen LogP contribution is 2.25. The van der Waals surface area contributed by atoms with Crippen molar-refractivity contribution in [3.05, 3.63) is 82.1 Å². The van der Waals surface area contributed by atoms with Gasteiger partial charge in [0.05, 0.1) is 10.6 Å². The number of benzene rings is 2. The molecular weight excluding hydrogens is 330 g/mol. The van der Waals surface area contributed by atoms with Crippen LogP contribution >= 0.6 is 0 Å². The first-order valence-electron chi connectivity index (χ1n) is 8.02. The number of nitrogens with zero attached hydrogens (tertiary/aromatic N) is 3. The summed E-state index contributed by atoms with van der Waals surface area (Å²) in [6.07, 6.45) is 5.34. The predicted molar refractivity (Wildman–Crippen MR) is 101 cm³/mol. The molecule has 0 aliphatic carbocycles. The fourth-order valence-corrected chi connectivity index (χ4v) is 2.33. The third kappa shape index (κ3) is 4.10. The second-order valence-corrected chi connectivity index (χ2v) is 5.51. The van der Waals surface area contributed by atoms with Gasteiger partial charge in [-0.1, -0.05) is 53.7 Å². The van der Waals surface area contributed by atoms with Crippen molar-refractivity contribution in [1.82, 2.24) is 5.16 Å². The molecule has 0 aliphatic rings. The van der Waals surface area contributed by atoms with E-state index in [4.69, 9.17) is 4.52 Å². The molecule has 0 aliphatic heterocycles.